The lowest BCUT2D eigenvalue weighted by molar-refractivity contribution is -0.116. The number of rotatable bonds is 11. The average molecular weight is 241 g/mol. The fourth-order valence-corrected chi connectivity index (χ4v) is 1.61. The van der Waals surface area contributed by atoms with Gasteiger partial charge >= 0.3 is 0 Å². The molecule has 0 fully saturated rings. The lowest BCUT2D eigenvalue weighted by Crippen LogP contribution is -2.23. The number of carbonyl (C=O) groups excluding carboxylic acids is 1. The number of nitrogens with one attached hydrogen (secondary N) is 1. The zero-order valence-corrected chi connectivity index (χ0v) is 11.3. The topological polar surface area (TPSA) is 38.3 Å². The molecule has 3 heteroatoms. The normalized spacial score (nSPS) is 12.1. The van der Waals surface area contributed by atoms with Crippen molar-refractivity contribution < 1.29 is 9.53 Å². The summed E-state index contributed by atoms with van der Waals surface area (Å²) in [5.74, 6) is 0.581. The van der Waals surface area contributed by atoms with E-state index >= 15 is 0 Å². The predicted molar refractivity (Wildman–Crippen MR) is 71.9 cm³/mol. The maximum Gasteiger partial charge on any atom is 0.243 e. The molecule has 0 spiro atoms. The molecule has 1 unspecified atom stereocenters. The first-order chi connectivity index (χ1) is 8.24. The van der Waals surface area contributed by atoms with Crippen LogP contribution in [0.2, 0.25) is 0 Å². The van der Waals surface area contributed by atoms with E-state index in [1.807, 2.05) is 0 Å². The fraction of sp³-hybridized carbons (Fsp3) is 0.786. The first kappa shape index (κ1) is 16.2. The van der Waals surface area contributed by atoms with Crippen molar-refractivity contribution in [1.29, 1.82) is 0 Å². The molecule has 0 aromatic carbocycles. The standard InChI is InChI=1S/C14H27NO2/c1-4-7-9-13(5-2)12-17-11-8-10-15-14(16)6-3/h6,13H,3-5,7-12H2,1-2H3,(H,15,16). The molecule has 3 nitrogen and oxygen atoms in total. The van der Waals surface area contributed by atoms with Gasteiger partial charge in [-0.1, -0.05) is 39.7 Å². The highest BCUT2D eigenvalue weighted by molar-refractivity contribution is 5.86. The summed E-state index contributed by atoms with van der Waals surface area (Å²) in [5, 5.41) is 2.73. The summed E-state index contributed by atoms with van der Waals surface area (Å²) in [7, 11) is 0. The molecule has 0 aliphatic heterocycles. The van der Waals surface area contributed by atoms with E-state index in [0.29, 0.717) is 12.5 Å². The Morgan fingerprint density at radius 2 is 2.18 bits per heavy atom. The Hall–Kier alpha value is -0.830. The summed E-state index contributed by atoms with van der Waals surface area (Å²) < 4.78 is 5.62. The summed E-state index contributed by atoms with van der Waals surface area (Å²) in [6, 6.07) is 0. The maximum absolute atomic E-state index is 10.8. The van der Waals surface area contributed by atoms with Crippen molar-refractivity contribution in [2.24, 2.45) is 5.92 Å². The van der Waals surface area contributed by atoms with Crippen molar-refractivity contribution in [2.45, 2.75) is 46.0 Å². The van der Waals surface area contributed by atoms with Crippen LogP contribution in [-0.4, -0.2) is 25.7 Å². The SMILES string of the molecule is C=CC(=O)NCCCOCC(CC)CCCC. The summed E-state index contributed by atoms with van der Waals surface area (Å²) >= 11 is 0. The quantitative estimate of drug-likeness (QED) is 0.446. The van der Waals surface area contributed by atoms with E-state index in [1.54, 1.807) is 0 Å². The van der Waals surface area contributed by atoms with Crippen molar-refractivity contribution in [3.05, 3.63) is 12.7 Å². The largest absolute Gasteiger partial charge is 0.381 e. The summed E-state index contributed by atoms with van der Waals surface area (Å²) in [6.45, 7) is 10.1. The van der Waals surface area contributed by atoms with E-state index in [1.165, 1.54) is 31.8 Å². The van der Waals surface area contributed by atoms with Gasteiger partial charge in [-0.15, -0.1) is 0 Å². The van der Waals surface area contributed by atoms with E-state index in [9.17, 15) is 4.79 Å². The number of ether oxygens (including phenoxy) is 1. The Bertz CT molecular complexity index is 204. The van der Waals surface area contributed by atoms with E-state index in [-0.39, 0.29) is 5.91 Å². The second kappa shape index (κ2) is 11.6. The number of carbonyl (C=O) groups is 1. The molecule has 0 heterocycles. The minimum atomic E-state index is -0.112. The molecule has 0 aliphatic rings. The third-order valence-electron chi connectivity index (χ3n) is 2.85. The maximum atomic E-state index is 10.8. The second-order valence-electron chi connectivity index (χ2n) is 4.34. The van der Waals surface area contributed by atoms with Crippen molar-refractivity contribution in [1.82, 2.24) is 5.32 Å². The molecule has 1 amide bonds. The molecule has 100 valence electrons. The van der Waals surface area contributed by atoms with Gasteiger partial charge in [0.25, 0.3) is 0 Å². The molecule has 1 N–H and O–H groups in total. The van der Waals surface area contributed by atoms with Crippen molar-refractivity contribution in [3.8, 4) is 0 Å². The molecule has 0 saturated carbocycles. The van der Waals surface area contributed by atoms with E-state index in [2.05, 4.69) is 25.7 Å². The van der Waals surface area contributed by atoms with Crippen LogP contribution in [0, 0.1) is 5.92 Å². The molecule has 0 aliphatic carbocycles. The lowest BCUT2D eigenvalue weighted by Gasteiger charge is -2.14. The van der Waals surface area contributed by atoms with Crippen LogP contribution in [0.5, 0.6) is 0 Å². The Labute approximate surface area is 106 Å². The fourth-order valence-electron chi connectivity index (χ4n) is 1.61. The Morgan fingerprint density at radius 3 is 2.76 bits per heavy atom. The van der Waals surface area contributed by atoms with Crippen LogP contribution in [0.15, 0.2) is 12.7 Å². The lowest BCUT2D eigenvalue weighted by atomic mass is 10.0. The first-order valence-electron chi connectivity index (χ1n) is 6.72. The van der Waals surface area contributed by atoms with Crippen LogP contribution < -0.4 is 5.32 Å². The molecular formula is C14H27NO2. The third kappa shape index (κ3) is 10.1. The van der Waals surface area contributed by atoms with E-state index in [0.717, 1.165) is 19.6 Å². The van der Waals surface area contributed by atoms with Gasteiger partial charge in [0, 0.05) is 19.8 Å². The van der Waals surface area contributed by atoms with Gasteiger partial charge in [0.1, 0.15) is 0 Å². The first-order valence-corrected chi connectivity index (χ1v) is 6.72. The van der Waals surface area contributed by atoms with Gasteiger partial charge < -0.3 is 10.1 Å². The Morgan fingerprint density at radius 1 is 1.41 bits per heavy atom. The summed E-state index contributed by atoms with van der Waals surface area (Å²) in [5.41, 5.74) is 0. The van der Waals surface area contributed by atoms with Gasteiger partial charge in [0.05, 0.1) is 0 Å². The number of hydrogen-bond donors (Lipinski definition) is 1. The van der Waals surface area contributed by atoms with Crippen molar-refractivity contribution >= 4 is 5.91 Å². The molecule has 0 aromatic rings. The molecule has 0 bridgehead atoms. The molecule has 1 atom stereocenters. The monoisotopic (exact) mass is 241 g/mol. The summed E-state index contributed by atoms with van der Waals surface area (Å²) in [4.78, 5) is 10.8. The molecule has 0 saturated heterocycles. The number of unbranched alkanes of at least 4 members (excludes halogenated alkanes) is 1. The smallest absolute Gasteiger partial charge is 0.243 e. The van der Waals surface area contributed by atoms with Gasteiger partial charge in [-0.05, 0) is 24.8 Å². The number of hydrogen-bond acceptors (Lipinski definition) is 2. The highest BCUT2D eigenvalue weighted by atomic mass is 16.5. The van der Waals surface area contributed by atoms with Gasteiger partial charge in [-0.2, -0.15) is 0 Å². The van der Waals surface area contributed by atoms with Crippen LogP contribution in [-0.2, 0) is 9.53 Å². The highest BCUT2D eigenvalue weighted by Gasteiger charge is 2.05. The zero-order chi connectivity index (χ0) is 12.9. The number of amides is 1. The van der Waals surface area contributed by atoms with Crippen LogP contribution in [0.4, 0.5) is 0 Å². The van der Waals surface area contributed by atoms with Crippen LogP contribution >= 0.6 is 0 Å². The Balaban J connectivity index is 3.36. The average Bonchev–Trinajstić information content (AvgIpc) is 2.36. The minimum absolute atomic E-state index is 0.112. The Kier molecular flexibility index (Phi) is 11.1. The van der Waals surface area contributed by atoms with Crippen LogP contribution in [0.25, 0.3) is 0 Å². The van der Waals surface area contributed by atoms with Gasteiger partial charge in [-0.25, -0.2) is 0 Å². The second-order valence-corrected chi connectivity index (χ2v) is 4.34. The predicted octanol–water partition coefficient (Wildman–Crippen LogP) is 2.91. The third-order valence-corrected chi connectivity index (χ3v) is 2.85. The summed E-state index contributed by atoms with van der Waals surface area (Å²) in [6.07, 6.45) is 7.15. The molecule has 0 rings (SSSR count). The van der Waals surface area contributed by atoms with Gasteiger partial charge in [0.15, 0.2) is 0 Å². The van der Waals surface area contributed by atoms with Crippen molar-refractivity contribution in [3.63, 3.8) is 0 Å². The zero-order valence-electron chi connectivity index (χ0n) is 11.3. The van der Waals surface area contributed by atoms with Crippen molar-refractivity contribution in [2.75, 3.05) is 19.8 Å². The molecule has 0 radical (unpaired) electrons. The minimum Gasteiger partial charge on any atom is -0.381 e. The molecular weight excluding hydrogens is 214 g/mol. The van der Waals surface area contributed by atoms with E-state index in [4.69, 9.17) is 4.74 Å². The highest BCUT2D eigenvalue weighted by Crippen LogP contribution is 2.12. The van der Waals surface area contributed by atoms with Crippen LogP contribution in [0.3, 0.4) is 0 Å². The van der Waals surface area contributed by atoms with Gasteiger partial charge in [0.2, 0.25) is 5.91 Å². The van der Waals surface area contributed by atoms with E-state index < -0.39 is 0 Å². The molecule has 0 aromatic heterocycles. The molecule has 17 heavy (non-hydrogen) atoms. The van der Waals surface area contributed by atoms with Crippen LogP contribution in [0.1, 0.15) is 46.0 Å². The van der Waals surface area contributed by atoms with Gasteiger partial charge in [-0.3, -0.25) is 4.79 Å².